The van der Waals surface area contributed by atoms with Gasteiger partial charge >= 0.3 is 6.18 Å². The van der Waals surface area contributed by atoms with Gasteiger partial charge in [0.2, 0.25) is 5.88 Å². The number of alkyl halides is 4. The molecule has 0 radical (unpaired) electrons. The number of nitrogens with one attached hydrogen (secondary N) is 1. The molecule has 3 rings (SSSR count). The summed E-state index contributed by atoms with van der Waals surface area (Å²) < 4.78 is 69.7. The van der Waals surface area contributed by atoms with E-state index in [1.165, 1.54) is 18.3 Å². The van der Waals surface area contributed by atoms with Gasteiger partial charge in [0.25, 0.3) is 10.0 Å². The summed E-state index contributed by atoms with van der Waals surface area (Å²) in [5, 5.41) is 4.14. The third-order valence-electron chi connectivity index (χ3n) is 6.21. The molecule has 2 aliphatic rings. The Morgan fingerprint density at radius 1 is 1.32 bits per heavy atom. The van der Waals surface area contributed by atoms with Crippen molar-refractivity contribution in [1.29, 1.82) is 0 Å². The van der Waals surface area contributed by atoms with Crippen LogP contribution in [0.2, 0.25) is 0 Å². The Morgan fingerprint density at radius 3 is 2.58 bits per heavy atom. The maximum Gasteiger partial charge on any atom is 0.422 e. The molecule has 210 valence electrons. The third-order valence-corrected chi connectivity index (χ3v) is 7.64. The van der Waals surface area contributed by atoms with Crippen LogP contribution in [-0.4, -0.2) is 61.5 Å². The van der Waals surface area contributed by atoms with Gasteiger partial charge in [0.1, 0.15) is 5.38 Å². The molecule has 0 aliphatic carbocycles. The SMILES string of the molecule is C=CC1=C(/C=C/S(=O)(=O)NC2=NOC(C(C)(C)C)C2Cl)CN([C@H](C)c2ccc(OCC(F)(F)F)nc2)CC1. The zero-order valence-electron chi connectivity index (χ0n) is 21.6. The first-order valence-electron chi connectivity index (χ1n) is 11.9. The average Bonchev–Trinajstić information content (AvgIpc) is 3.20. The van der Waals surface area contributed by atoms with Gasteiger partial charge in [0.15, 0.2) is 18.5 Å². The molecule has 8 nitrogen and oxygen atoms in total. The molecule has 2 unspecified atom stereocenters. The van der Waals surface area contributed by atoms with E-state index >= 15 is 0 Å². The molecule has 3 atom stereocenters. The molecule has 0 aromatic carbocycles. The van der Waals surface area contributed by atoms with Crippen LogP contribution in [0.4, 0.5) is 13.2 Å². The van der Waals surface area contributed by atoms with Crippen LogP contribution in [0.1, 0.15) is 45.7 Å². The first-order chi connectivity index (χ1) is 17.6. The van der Waals surface area contributed by atoms with Gasteiger partial charge in [-0.1, -0.05) is 44.6 Å². The molecule has 0 bridgehead atoms. The fourth-order valence-electron chi connectivity index (χ4n) is 4.02. The second kappa shape index (κ2) is 11.7. The predicted octanol–water partition coefficient (Wildman–Crippen LogP) is 5.07. The number of halogens is 4. The fourth-order valence-corrected chi connectivity index (χ4v) is 5.47. The van der Waals surface area contributed by atoms with Crippen LogP contribution in [0.5, 0.6) is 5.88 Å². The van der Waals surface area contributed by atoms with E-state index in [0.29, 0.717) is 19.5 Å². The number of pyridine rings is 1. The molecule has 1 aromatic heterocycles. The van der Waals surface area contributed by atoms with Crippen LogP contribution >= 0.6 is 11.6 Å². The van der Waals surface area contributed by atoms with Crippen molar-refractivity contribution in [3.63, 3.8) is 0 Å². The lowest BCUT2D eigenvalue weighted by Gasteiger charge is -2.34. The van der Waals surface area contributed by atoms with Crippen molar-refractivity contribution in [3.05, 3.63) is 59.2 Å². The minimum absolute atomic E-state index is 0.0308. The van der Waals surface area contributed by atoms with Crippen LogP contribution in [-0.2, 0) is 14.9 Å². The highest BCUT2D eigenvalue weighted by Gasteiger charge is 2.42. The molecule has 2 aliphatic heterocycles. The lowest BCUT2D eigenvalue weighted by Crippen LogP contribution is -2.41. The molecule has 1 N–H and O–H groups in total. The summed E-state index contributed by atoms with van der Waals surface area (Å²) in [7, 11) is -3.93. The maximum atomic E-state index is 12.8. The second-order valence-corrected chi connectivity index (χ2v) is 12.2. The van der Waals surface area contributed by atoms with Gasteiger partial charge in [0.05, 0.1) is 5.41 Å². The second-order valence-electron chi connectivity index (χ2n) is 10.2. The molecule has 1 aromatic rings. The van der Waals surface area contributed by atoms with Crippen LogP contribution in [0.25, 0.3) is 0 Å². The van der Waals surface area contributed by atoms with Crippen LogP contribution in [0, 0.1) is 5.41 Å². The van der Waals surface area contributed by atoms with Gasteiger partial charge in [-0.05, 0) is 36.1 Å². The third kappa shape index (κ3) is 7.97. The molecule has 13 heteroatoms. The summed E-state index contributed by atoms with van der Waals surface area (Å²) in [5.41, 5.74) is 2.13. The standard InChI is InChI=1S/C25H32ClF3N4O4S/c1-6-17-9-11-33(16(2)18-7-8-20(30-13-18)36-15-25(27,28)29)14-19(17)10-12-38(34,35)32-23-21(26)22(37-31-23)24(3,4)5/h6-8,10,12-13,16,21-22H,1,9,11,14-15H2,2-5H3,(H,31,32)/b12-10+/t16-,21?,22?/m1/s1. The number of aromatic nitrogens is 1. The summed E-state index contributed by atoms with van der Waals surface area (Å²) in [6.07, 6.45) is 0.416. The van der Waals surface area contributed by atoms with Crippen molar-refractivity contribution >= 4 is 27.5 Å². The van der Waals surface area contributed by atoms with Crippen molar-refractivity contribution in [3.8, 4) is 5.88 Å². The molecule has 3 heterocycles. The minimum atomic E-state index is -4.44. The van der Waals surface area contributed by atoms with Gasteiger partial charge in [-0.3, -0.25) is 9.62 Å². The van der Waals surface area contributed by atoms with Gasteiger partial charge in [-0.15, -0.1) is 11.6 Å². The van der Waals surface area contributed by atoms with Crippen molar-refractivity contribution < 1.29 is 31.2 Å². The largest absolute Gasteiger partial charge is 0.468 e. The normalized spacial score (nSPS) is 22.3. The number of allylic oxidation sites excluding steroid dienone is 1. The molecule has 0 spiro atoms. The van der Waals surface area contributed by atoms with Crippen molar-refractivity contribution in [1.82, 2.24) is 14.6 Å². The molecule has 38 heavy (non-hydrogen) atoms. The topological polar surface area (TPSA) is 93.1 Å². The monoisotopic (exact) mass is 576 g/mol. The number of hydrogen-bond donors (Lipinski definition) is 1. The van der Waals surface area contributed by atoms with E-state index in [0.717, 1.165) is 22.1 Å². The zero-order valence-corrected chi connectivity index (χ0v) is 23.2. The Kier molecular flexibility index (Phi) is 9.20. The maximum absolute atomic E-state index is 12.8. The van der Waals surface area contributed by atoms with E-state index in [9.17, 15) is 21.6 Å². The average molecular weight is 577 g/mol. The first-order valence-corrected chi connectivity index (χ1v) is 13.9. The Labute approximate surface area is 226 Å². The summed E-state index contributed by atoms with van der Waals surface area (Å²) in [6, 6.07) is 2.92. The molecular weight excluding hydrogens is 545 g/mol. The van der Waals surface area contributed by atoms with E-state index in [4.69, 9.17) is 16.4 Å². The Balaban J connectivity index is 1.67. The van der Waals surface area contributed by atoms with E-state index in [1.54, 1.807) is 12.1 Å². The number of hydrogen-bond acceptors (Lipinski definition) is 7. The van der Waals surface area contributed by atoms with Crippen molar-refractivity contribution in [2.45, 2.75) is 57.8 Å². The number of oxime groups is 1. The van der Waals surface area contributed by atoms with Gasteiger partial charge in [0, 0.05) is 36.8 Å². The highest BCUT2D eigenvalue weighted by Crippen LogP contribution is 2.32. The summed E-state index contributed by atoms with van der Waals surface area (Å²) in [4.78, 5) is 11.4. The number of ether oxygens (including phenoxy) is 1. The number of sulfonamides is 1. The van der Waals surface area contributed by atoms with E-state index < -0.39 is 34.3 Å². The molecule has 0 amide bonds. The van der Waals surface area contributed by atoms with E-state index in [-0.39, 0.29) is 23.2 Å². The molecule has 0 fully saturated rings. The number of rotatable bonds is 8. The molecular formula is C25H32ClF3N4O4S. The quantitative estimate of drug-likeness (QED) is 0.434. The van der Waals surface area contributed by atoms with Crippen LogP contribution in [0.3, 0.4) is 0 Å². The molecule has 0 saturated carbocycles. The van der Waals surface area contributed by atoms with Crippen LogP contribution < -0.4 is 9.46 Å². The zero-order chi connectivity index (χ0) is 28.3. The molecule has 0 saturated heterocycles. The Morgan fingerprint density at radius 2 is 2.03 bits per heavy atom. The van der Waals surface area contributed by atoms with Crippen LogP contribution in [0.15, 0.2) is 58.8 Å². The number of amidine groups is 1. The van der Waals surface area contributed by atoms with Gasteiger partial charge in [-0.25, -0.2) is 13.4 Å². The summed E-state index contributed by atoms with van der Waals surface area (Å²) in [5.74, 6) is -0.0828. The summed E-state index contributed by atoms with van der Waals surface area (Å²) in [6.45, 7) is 11.2. The predicted molar refractivity (Wildman–Crippen MR) is 140 cm³/mol. The Bertz CT molecular complexity index is 1210. The fraction of sp³-hybridized carbons (Fsp3) is 0.520. The van der Waals surface area contributed by atoms with Gasteiger partial charge < -0.3 is 9.57 Å². The van der Waals surface area contributed by atoms with Gasteiger partial charge in [-0.2, -0.15) is 13.2 Å². The highest BCUT2D eigenvalue weighted by molar-refractivity contribution is 7.93. The van der Waals surface area contributed by atoms with Crippen molar-refractivity contribution in [2.24, 2.45) is 10.6 Å². The van der Waals surface area contributed by atoms with E-state index in [2.05, 4.69) is 31.1 Å². The summed E-state index contributed by atoms with van der Waals surface area (Å²) >= 11 is 6.39. The number of nitrogens with zero attached hydrogens (tertiary/aromatic N) is 3. The lowest BCUT2D eigenvalue weighted by molar-refractivity contribution is -0.154. The lowest BCUT2D eigenvalue weighted by atomic mass is 9.87. The van der Waals surface area contributed by atoms with Crippen molar-refractivity contribution in [2.75, 3.05) is 19.7 Å². The first kappa shape index (κ1) is 30.0. The smallest absolute Gasteiger partial charge is 0.422 e. The Hall–Kier alpha value is -2.57. The van der Waals surface area contributed by atoms with E-state index in [1.807, 2.05) is 27.7 Å². The minimum Gasteiger partial charge on any atom is -0.468 e. The highest BCUT2D eigenvalue weighted by atomic mass is 35.5.